The fraction of sp³-hybridized carbons (Fsp3) is 0.333. The van der Waals surface area contributed by atoms with E-state index in [0.717, 1.165) is 0 Å². The minimum atomic E-state index is -0.575. The fourth-order valence-electron chi connectivity index (χ4n) is 1.54. The van der Waals surface area contributed by atoms with E-state index < -0.39 is 11.7 Å². The molecule has 0 aliphatic rings. The Labute approximate surface area is 109 Å². The van der Waals surface area contributed by atoms with Crippen LogP contribution in [0.5, 0.6) is 0 Å². The highest BCUT2D eigenvalue weighted by atomic mass is 35.5. The van der Waals surface area contributed by atoms with Crippen molar-refractivity contribution in [2.45, 2.75) is 26.4 Å². The molecule has 2 N–H and O–H groups in total. The number of nitrogens with two attached hydrogens (primary N) is 1. The molecule has 0 spiro atoms. The molecule has 18 heavy (non-hydrogen) atoms. The Kier molecular flexibility index (Phi) is 2.94. The molecule has 0 saturated carbocycles. The maximum Gasteiger partial charge on any atom is 0.420 e. The summed E-state index contributed by atoms with van der Waals surface area (Å²) >= 11 is 6.04. The highest BCUT2D eigenvalue weighted by molar-refractivity contribution is 6.35. The normalized spacial score (nSPS) is 11.8. The van der Waals surface area contributed by atoms with Gasteiger partial charge in [0.1, 0.15) is 5.60 Å². The van der Waals surface area contributed by atoms with Crippen LogP contribution in [0.1, 0.15) is 20.8 Å². The second kappa shape index (κ2) is 4.17. The zero-order valence-electron chi connectivity index (χ0n) is 10.4. The van der Waals surface area contributed by atoms with Crippen molar-refractivity contribution in [1.29, 1.82) is 0 Å². The number of ether oxygens (including phenoxy) is 1. The Balaban J connectivity index is 2.49. The number of aromatic nitrogens is 2. The maximum atomic E-state index is 12.0. The first kappa shape index (κ1) is 12.7. The molecule has 6 heteroatoms. The van der Waals surface area contributed by atoms with Crippen LogP contribution in [0.15, 0.2) is 18.5 Å². The van der Waals surface area contributed by atoms with Crippen LogP contribution in [0.3, 0.4) is 0 Å². The first-order valence-corrected chi connectivity index (χ1v) is 5.81. The third-order valence-corrected chi connectivity index (χ3v) is 2.51. The smallest absolute Gasteiger partial charge is 0.420 e. The fourth-order valence-corrected chi connectivity index (χ4v) is 1.77. The number of nitrogen functional groups attached to an aromatic ring is 1. The van der Waals surface area contributed by atoms with E-state index in [4.69, 9.17) is 22.1 Å². The van der Waals surface area contributed by atoms with Crippen LogP contribution in [0.25, 0.3) is 11.0 Å². The van der Waals surface area contributed by atoms with Crippen molar-refractivity contribution in [1.82, 2.24) is 9.55 Å². The van der Waals surface area contributed by atoms with E-state index in [1.165, 1.54) is 17.0 Å². The van der Waals surface area contributed by atoms with Crippen molar-refractivity contribution in [2.24, 2.45) is 0 Å². The zero-order valence-corrected chi connectivity index (χ0v) is 11.2. The van der Waals surface area contributed by atoms with Crippen LogP contribution < -0.4 is 5.73 Å². The highest BCUT2D eigenvalue weighted by Crippen LogP contribution is 2.26. The summed E-state index contributed by atoms with van der Waals surface area (Å²) < 4.78 is 6.55. The Morgan fingerprint density at radius 2 is 2.17 bits per heavy atom. The summed E-state index contributed by atoms with van der Waals surface area (Å²) in [5, 5.41) is 1.04. The van der Waals surface area contributed by atoms with Crippen molar-refractivity contribution in [3.63, 3.8) is 0 Å². The molecule has 2 aromatic rings. The van der Waals surface area contributed by atoms with Gasteiger partial charge in [0.15, 0.2) is 5.65 Å². The molecule has 0 atom stereocenters. The van der Waals surface area contributed by atoms with E-state index >= 15 is 0 Å². The van der Waals surface area contributed by atoms with Crippen molar-refractivity contribution in [3.8, 4) is 0 Å². The van der Waals surface area contributed by atoms with Crippen LogP contribution in [-0.4, -0.2) is 21.2 Å². The maximum absolute atomic E-state index is 12.0. The number of hydrogen-bond donors (Lipinski definition) is 1. The van der Waals surface area contributed by atoms with E-state index in [1.807, 2.05) is 0 Å². The summed E-state index contributed by atoms with van der Waals surface area (Å²) in [5.41, 5.74) is 5.98. The minimum absolute atomic E-state index is 0.413. The van der Waals surface area contributed by atoms with Gasteiger partial charge in [0.25, 0.3) is 0 Å². The number of carbonyl (C=O) groups is 1. The zero-order chi connectivity index (χ0) is 13.5. The molecule has 96 valence electrons. The third-order valence-electron chi connectivity index (χ3n) is 2.21. The van der Waals surface area contributed by atoms with Crippen LogP contribution >= 0.6 is 11.6 Å². The van der Waals surface area contributed by atoms with Crippen LogP contribution in [0.4, 0.5) is 10.5 Å². The lowest BCUT2D eigenvalue weighted by molar-refractivity contribution is 0.0543. The number of carbonyl (C=O) groups excluding carboxylic acids is 1. The molecule has 0 bridgehead atoms. The van der Waals surface area contributed by atoms with Crippen LogP contribution in [0.2, 0.25) is 5.02 Å². The molecule has 0 fully saturated rings. The molecule has 0 amide bonds. The summed E-state index contributed by atoms with van der Waals surface area (Å²) in [6, 6.07) is 1.67. The van der Waals surface area contributed by atoms with Gasteiger partial charge in [0.2, 0.25) is 0 Å². The second-order valence-electron chi connectivity index (χ2n) is 4.97. The molecule has 0 aliphatic heterocycles. The van der Waals surface area contributed by atoms with Crippen molar-refractivity contribution < 1.29 is 9.53 Å². The second-order valence-corrected chi connectivity index (χ2v) is 5.37. The Hall–Kier alpha value is -1.75. The lowest BCUT2D eigenvalue weighted by atomic mass is 10.2. The topological polar surface area (TPSA) is 70.1 Å². The molecule has 0 saturated heterocycles. The lowest BCUT2D eigenvalue weighted by Gasteiger charge is -2.19. The van der Waals surface area contributed by atoms with E-state index in [-0.39, 0.29) is 0 Å². The minimum Gasteiger partial charge on any atom is -0.443 e. The number of hydrogen-bond acceptors (Lipinski definition) is 4. The third kappa shape index (κ3) is 2.41. The van der Waals surface area contributed by atoms with Gasteiger partial charge in [0, 0.05) is 11.6 Å². The number of pyridine rings is 1. The van der Waals surface area contributed by atoms with Crippen LogP contribution in [-0.2, 0) is 4.74 Å². The molecule has 0 aliphatic carbocycles. The number of rotatable bonds is 0. The Bertz CT molecular complexity index is 614. The standard InChI is InChI=1S/C12H14ClN3O2/c1-12(2,3)18-11(17)16-6-9(13)8-4-7(14)5-15-10(8)16/h4-6H,14H2,1-3H3. The number of fused-ring (bicyclic) bond motifs is 1. The number of nitrogens with zero attached hydrogens (tertiary/aromatic N) is 2. The number of halogens is 1. The van der Waals surface area contributed by atoms with Crippen LogP contribution in [0, 0.1) is 0 Å². The molecule has 0 aromatic carbocycles. The highest BCUT2D eigenvalue weighted by Gasteiger charge is 2.21. The molecule has 2 rings (SSSR count). The van der Waals surface area contributed by atoms with Gasteiger partial charge in [0.05, 0.1) is 16.9 Å². The van der Waals surface area contributed by atoms with E-state index in [9.17, 15) is 4.79 Å². The van der Waals surface area contributed by atoms with Crippen molar-refractivity contribution in [2.75, 3.05) is 5.73 Å². The van der Waals surface area contributed by atoms with Gasteiger partial charge in [-0.15, -0.1) is 0 Å². The summed E-state index contributed by atoms with van der Waals surface area (Å²) in [5.74, 6) is 0. The van der Waals surface area contributed by atoms with E-state index in [1.54, 1.807) is 26.8 Å². The molecule has 0 unspecified atom stereocenters. The first-order chi connectivity index (χ1) is 8.28. The largest absolute Gasteiger partial charge is 0.443 e. The summed E-state index contributed by atoms with van der Waals surface area (Å²) in [4.78, 5) is 16.1. The molecule has 5 nitrogen and oxygen atoms in total. The molecule has 2 heterocycles. The SMILES string of the molecule is CC(C)(C)OC(=O)n1cc(Cl)c2cc(N)cnc21. The summed E-state index contributed by atoms with van der Waals surface area (Å²) in [7, 11) is 0. The van der Waals surface area contributed by atoms with Gasteiger partial charge >= 0.3 is 6.09 Å². The van der Waals surface area contributed by atoms with Gasteiger partial charge in [-0.2, -0.15) is 0 Å². The number of anilines is 1. The monoisotopic (exact) mass is 267 g/mol. The van der Waals surface area contributed by atoms with E-state index in [2.05, 4.69) is 4.98 Å². The predicted octanol–water partition coefficient (Wildman–Crippen LogP) is 3.06. The predicted molar refractivity (Wildman–Crippen MR) is 70.8 cm³/mol. The first-order valence-electron chi connectivity index (χ1n) is 5.43. The lowest BCUT2D eigenvalue weighted by Crippen LogP contribution is -2.26. The van der Waals surface area contributed by atoms with Gasteiger partial charge < -0.3 is 10.5 Å². The summed E-state index contributed by atoms with van der Waals surface area (Å²) in [6.45, 7) is 5.39. The summed E-state index contributed by atoms with van der Waals surface area (Å²) in [6.07, 6.45) is 2.43. The van der Waals surface area contributed by atoms with Gasteiger partial charge in [-0.3, -0.25) is 0 Å². The molecule has 0 radical (unpaired) electrons. The Morgan fingerprint density at radius 1 is 1.50 bits per heavy atom. The van der Waals surface area contributed by atoms with Gasteiger partial charge in [-0.1, -0.05) is 11.6 Å². The quantitative estimate of drug-likeness (QED) is 0.796. The van der Waals surface area contributed by atoms with Crippen molar-refractivity contribution in [3.05, 3.63) is 23.5 Å². The average molecular weight is 268 g/mol. The molecular weight excluding hydrogens is 254 g/mol. The van der Waals surface area contributed by atoms with Gasteiger partial charge in [-0.05, 0) is 26.8 Å². The van der Waals surface area contributed by atoms with Gasteiger partial charge in [-0.25, -0.2) is 14.3 Å². The Morgan fingerprint density at radius 3 is 2.78 bits per heavy atom. The van der Waals surface area contributed by atoms with Crippen molar-refractivity contribution >= 4 is 34.4 Å². The molecule has 2 aromatic heterocycles. The average Bonchev–Trinajstić information content (AvgIpc) is 2.54. The van der Waals surface area contributed by atoms with E-state index in [0.29, 0.717) is 21.7 Å². The molecular formula is C12H14ClN3O2.